The molecule has 0 aliphatic carbocycles. The van der Waals surface area contributed by atoms with Gasteiger partial charge in [0.05, 0.1) is 12.7 Å². The Hall–Kier alpha value is -1.81. The smallest absolute Gasteiger partial charge is 0.340 e. The normalized spacial score (nSPS) is 10.7. The molecule has 2 rings (SSSR count). The van der Waals surface area contributed by atoms with E-state index in [1.807, 2.05) is 29.8 Å². The molecule has 0 radical (unpaired) electrons. The van der Waals surface area contributed by atoms with Crippen molar-refractivity contribution in [2.24, 2.45) is 12.8 Å². The van der Waals surface area contributed by atoms with Crippen molar-refractivity contribution in [1.29, 1.82) is 0 Å². The second kappa shape index (κ2) is 3.98. The van der Waals surface area contributed by atoms with Gasteiger partial charge in [-0.15, -0.1) is 0 Å². The molecule has 0 unspecified atom stereocenters. The third-order valence-corrected chi connectivity index (χ3v) is 2.73. The molecule has 0 fully saturated rings. The van der Waals surface area contributed by atoms with Crippen LogP contribution in [0, 0.1) is 0 Å². The van der Waals surface area contributed by atoms with E-state index in [0.29, 0.717) is 12.1 Å². The number of hydrogen-bond acceptors (Lipinski definition) is 3. The average molecular weight is 218 g/mol. The number of rotatable bonds is 2. The standard InChI is InChI=1S/C12H14N2O2/c1-14-7-9(12(15)16-2)11-8(6-13)4-3-5-10(11)14/h3-5,7H,6,13H2,1-2H3. The van der Waals surface area contributed by atoms with Crippen LogP contribution in [-0.2, 0) is 18.3 Å². The molecule has 2 N–H and O–H groups in total. The summed E-state index contributed by atoms with van der Waals surface area (Å²) >= 11 is 0. The van der Waals surface area contributed by atoms with Gasteiger partial charge in [0.2, 0.25) is 0 Å². The highest BCUT2D eigenvalue weighted by molar-refractivity contribution is 6.05. The number of nitrogens with zero attached hydrogens (tertiary/aromatic N) is 1. The van der Waals surface area contributed by atoms with E-state index >= 15 is 0 Å². The van der Waals surface area contributed by atoms with E-state index in [-0.39, 0.29) is 5.97 Å². The fourth-order valence-corrected chi connectivity index (χ4v) is 1.95. The molecule has 0 spiro atoms. The minimum absolute atomic E-state index is 0.327. The predicted molar refractivity (Wildman–Crippen MR) is 62.1 cm³/mol. The number of aromatic nitrogens is 1. The molecule has 0 aliphatic rings. The highest BCUT2D eigenvalue weighted by Crippen LogP contribution is 2.24. The van der Waals surface area contributed by atoms with E-state index in [4.69, 9.17) is 10.5 Å². The Morgan fingerprint density at radius 3 is 2.88 bits per heavy atom. The SMILES string of the molecule is COC(=O)c1cn(C)c2cccc(CN)c12. The van der Waals surface area contributed by atoms with Gasteiger partial charge in [0, 0.05) is 30.7 Å². The summed E-state index contributed by atoms with van der Waals surface area (Å²) in [6.45, 7) is 0.408. The maximum absolute atomic E-state index is 11.6. The van der Waals surface area contributed by atoms with Crippen molar-refractivity contribution in [3.63, 3.8) is 0 Å². The van der Waals surface area contributed by atoms with Crippen LogP contribution in [0.4, 0.5) is 0 Å². The molecule has 0 amide bonds. The topological polar surface area (TPSA) is 57.2 Å². The first-order chi connectivity index (χ1) is 7.69. The van der Waals surface area contributed by atoms with Crippen molar-refractivity contribution in [1.82, 2.24) is 4.57 Å². The first kappa shape index (κ1) is 10.7. The van der Waals surface area contributed by atoms with Gasteiger partial charge in [-0.25, -0.2) is 4.79 Å². The molecule has 1 aromatic carbocycles. The van der Waals surface area contributed by atoms with E-state index in [9.17, 15) is 4.79 Å². The van der Waals surface area contributed by atoms with Crippen LogP contribution in [0.1, 0.15) is 15.9 Å². The van der Waals surface area contributed by atoms with Gasteiger partial charge in [0.1, 0.15) is 0 Å². The number of benzene rings is 1. The van der Waals surface area contributed by atoms with Crippen LogP contribution in [0.25, 0.3) is 10.9 Å². The van der Waals surface area contributed by atoms with Gasteiger partial charge in [-0.05, 0) is 11.6 Å². The molecular weight excluding hydrogens is 204 g/mol. The van der Waals surface area contributed by atoms with Crippen molar-refractivity contribution in [3.8, 4) is 0 Å². The lowest BCUT2D eigenvalue weighted by Crippen LogP contribution is -2.03. The van der Waals surface area contributed by atoms with E-state index in [2.05, 4.69) is 0 Å². The molecular formula is C12H14N2O2. The van der Waals surface area contributed by atoms with Crippen LogP contribution < -0.4 is 5.73 Å². The Morgan fingerprint density at radius 1 is 1.50 bits per heavy atom. The Bertz CT molecular complexity index is 543. The first-order valence-corrected chi connectivity index (χ1v) is 5.04. The Balaban J connectivity index is 2.79. The van der Waals surface area contributed by atoms with Crippen molar-refractivity contribution in [2.45, 2.75) is 6.54 Å². The van der Waals surface area contributed by atoms with E-state index < -0.39 is 0 Å². The van der Waals surface area contributed by atoms with Crippen molar-refractivity contribution in [2.75, 3.05) is 7.11 Å². The number of carbonyl (C=O) groups is 1. The molecule has 0 saturated heterocycles. The molecule has 16 heavy (non-hydrogen) atoms. The Morgan fingerprint density at radius 2 is 2.25 bits per heavy atom. The summed E-state index contributed by atoms with van der Waals surface area (Å²) < 4.78 is 6.67. The van der Waals surface area contributed by atoms with Gasteiger partial charge < -0.3 is 15.0 Å². The first-order valence-electron chi connectivity index (χ1n) is 5.04. The molecule has 1 aromatic heterocycles. The summed E-state index contributed by atoms with van der Waals surface area (Å²) in [5, 5.41) is 0.888. The number of carbonyl (C=O) groups excluding carboxylic acids is 1. The molecule has 0 saturated carbocycles. The Kier molecular flexibility index (Phi) is 2.66. The van der Waals surface area contributed by atoms with Gasteiger partial charge in [-0.1, -0.05) is 12.1 Å². The second-order valence-corrected chi connectivity index (χ2v) is 3.66. The lowest BCUT2D eigenvalue weighted by molar-refractivity contribution is 0.0602. The summed E-state index contributed by atoms with van der Waals surface area (Å²) in [6.07, 6.45) is 1.77. The third-order valence-electron chi connectivity index (χ3n) is 2.73. The van der Waals surface area contributed by atoms with Gasteiger partial charge in [0.15, 0.2) is 0 Å². The molecule has 0 atom stereocenters. The monoisotopic (exact) mass is 218 g/mol. The maximum Gasteiger partial charge on any atom is 0.340 e. The second-order valence-electron chi connectivity index (χ2n) is 3.66. The zero-order valence-electron chi connectivity index (χ0n) is 9.36. The highest BCUT2D eigenvalue weighted by atomic mass is 16.5. The van der Waals surface area contributed by atoms with Gasteiger partial charge in [0.25, 0.3) is 0 Å². The average Bonchev–Trinajstić information content (AvgIpc) is 2.66. The van der Waals surface area contributed by atoms with Crippen LogP contribution in [-0.4, -0.2) is 17.6 Å². The van der Waals surface area contributed by atoms with Crippen molar-refractivity contribution < 1.29 is 9.53 Å². The predicted octanol–water partition coefficient (Wildman–Crippen LogP) is 1.42. The number of nitrogens with two attached hydrogens (primary N) is 1. The largest absolute Gasteiger partial charge is 0.465 e. The molecule has 2 aromatic rings. The van der Waals surface area contributed by atoms with Crippen molar-refractivity contribution in [3.05, 3.63) is 35.5 Å². The van der Waals surface area contributed by atoms with Crippen LogP contribution in [0.5, 0.6) is 0 Å². The molecule has 0 aliphatic heterocycles. The van der Waals surface area contributed by atoms with E-state index in [1.54, 1.807) is 6.20 Å². The minimum atomic E-state index is -0.327. The summed E-state index contributed by atoms with van der Waals surface area (Å²) in [5.74, 6) is -0.327. The summed E-state index contributed by atoms with van der Waals surface area (Å²) in [6, 6.07) is 5.82. The number of ether oxygens (including phenoxy) is 1. The maximum atomic E-state index is 11.6. The highest BCUT2D eigenvalue weighted by Gasteiger charge is 2.16. The number of esters is 1. The molecule has 0 bridgehead atoms. The van der Waals surface area contributed by atoms with Crippen LogP contribution >= 0.6 is 0 Å². The van der Waals surface area contributed by atoms with E-state index in [0.717, 1.165) is 16.5 Å². The van der Waals surface area contributed by atoms with Crippen molar-refractivity contribution >= 4 is 16.9 Å². The Labute approximate surface area is 93.6 Å². The zero-order valence-corrected chi connectivity index (χ0v) is 9.36. The fourth-order valence-electron chi connectivity index (χ4n) is 1.95. The van der Waals surface area contributed by atoms with E-state index in [1.165, 1.54) is 7.11 Å². The molecule has 4 nitrogen and oxygen atoms in total. The van der Waals surface area contributed by atoms with Crippen LogP contribution in [0.15, 0.2) is 24.4 Å². The van der Waals surface area contributed by atoms with Gasteiger partial charge >= 0.3 is 5.97 Å². The zero-order chi connectivity index (χ0) is 11.7. The summed E-state index contributed by atoms with van der Waals surface area (Å²) in [4.78, 5) is 11.6. The van der Waals surface area contributed by atoms with Crippen LogP contribution in [0.2, 0.25) is 0 Å². The summed E-state index contributed by atoms with van der Waals surface area (Å²) in [5.41, 5.74) is 8.19. The quantitative estimate of drug-likeness (QED) is 0.776. The molecule has 84 valence electrons. The number of hydrogen-bond donors (Lipinski definition) is 1. The molecule has 4 heteroatoms. The van der Waals surface area contributed by atoms with Gasteiger partial charge in [-0.3, -0.25) is 0 Å². The summed E-state index contributed by atoms with van der Waals surface area (Å²) in [7, 11) is 3.28. The third kappa shape index (κ3) is 1.47. The van der Waals surface area contributed by atoms with Gasteiger partial charge in [-0.2, -0.15) is 0 Å². The number of fused-ring (bicyclic) bond motifs is 1. The van der Waals surface area contributed by atoms with Crippen LogP contribution in [0.3, 0.4) is 0 Å². The minimum Gasteiger partial charge on any atom is -0.465 e. The number of aryl methyl sites for hydroxylation is 1. The lowest BCUT2D eigenvalue weighted by atomic mass is 10.1. The fraction of sp³-hybridized carbons (Fsp3) is 0.250. The lowest BCUT2D eigenvalue weighted by Gasteiger charge is -2.02. The molecule has 1 heterocycles. The number of methoxy groups -OCH3 is 1.